The van der Waals surface area contributed by atoms with E-state index in [0.29, 0.717) is 17.1 Å². The van der Waals surface area contributed by atoms with Crippen LogP contribution < -0.4 is 16.4 Å². The van der Waals surface area contributed by atoms with Gasteiger partial charge in [0.25, 0.3) is 0 Å². The summed E-state index contributed by atoms with van der Waals surface area (Å²) in [4.78, 5) is 47.7. The van der Waals surface area contributed by atoms with Crippen molar-refractivity contribution in [1.29, 1.82) is 0 Å². The number of rotatable bonds is 5. The first kappa shape index (κ1) is 17.6. The largest absolute Gasteiger partial charge is 0.545 e. The monoisotopic (exact) mass is 368 g/mol. The van der Waals surface area contributed by atoms with Crippen LogP contribution >= 0.6 is 0 Å². The predicted octanol–water partition coefficient (Wildman–Crippen LogP) is 0.765. The van der Waals surface area contributed by atoms with Gasteiger partial charge in [-0.1, -0.05) is 24.3 Å². The number of hydrogen-bond acceptors (Lipinski definition) is 7. The van der Waals surface area contributed by atoms with E-state index in [1.165, 1.54) is 36.4 Å². The van der Waals surface area contributed by atoms with E-state index in [0.717, 1.165) is 0 Å². The van der Waals surface area contributed by atoms with Crippen molar-refractivity contribution in [1.82, 2.24) is 9.97 Å². The normalized spacial score (nSPS) is 11.0. The number of nitrogens with one attached hydrogen (secondary N) is 2. The number of benzene rings is 1. The van der Waals surface area contributed by atoms with Crippen LogP contribution in [-0.2, 0) is 0 Å². The minimum atomic E-state index is -1.29. The van der Waals surface area contributed by atoms with Crippen molar-refractivity contribution in [3.63, 3.8) is 0 Å². The van der Waals surface area contributed by atoms with Crippen molar-refractivity contribution in [2.75, 3.05) is 0 Å². The molecule has 0 amide bonds. The summed E-state index contributed by atoms with van der Waals surface area (Å²) in [7, 11) is 0. The molecule has 136 valence electrons. The lowest BCUT2D eigenvalue weighted by atomic mass is 10.1. The molecule has 0 aliphatic rings. The zero-order chi connectivity index (χ0) is 19.6. The number of carbonyl (C=O) groups is 1. The third-order valence-electron chi connectivity index (χ3n) is 3.57. The number of hydrogen-bond donors (Lipinski definition) is 2. The van der Waals surface area contributed by atoms with E-state index >= 15 is 0 Å². The first-order valence-electron chi connectivity index (χ1n) is 7.46. The maximum absolute atomic E-state index is 11.6. The maximum Gasteiger partial charge on any atom is 0.357 e. The van der Waals surface area contributed by atoms with Gasteiger partial charge in [0, 0.05) is 5.56 Å². The van der Waals surface area contributed by atoms with Crippen molar-refractivity contribution >= 4 is 23.8 Å². The average molecular weight is 368 g/mol. The molecule has 10 nitrogen and oxygen atoms in total. The van der Waals surface area contributed by atoms with E-state index in [1.807, 2.05) is 0 Å². The molecule has 0 saturated heterocycles. The molecule has 1 aromatic carbocycles. The molecule has 0 fully saturated rings. The highest BCUT2D eigenvalue weighted by atomic mass is 16.6. The number of nitro groups is 1. The van der Waals surface area contributed by atoms with Gasteiger partial charge in [0.2, 0.25) is 0 Å². The molecule has 27 heavy (non-hydrogen) atoms. The third-order valence-corrected chi connectivity index (χ3v) is 3.57. The van der Waals surface area contributed by atoms with Crippen molar-refractivity contribution in [3.05, 3.63) is 84.4 Å². The van der Waals surface area contributed by atoms with Crippen molar-refractivity contribution in [2.24, 2.45) is 0 Å². The van der Waals surface area contributed by atoms with Crippen molar-refractivity contribution < 1.29 is 19.2 Å². The molecule has 10 heteroatoms. The lowest BCUT2D eigenvalue weighted by Gasteiger charge is -2.02. The Bertz CT molecular complexity index is 1170. The van der Waals surface area contributed by atoms with Gasteiger partial charge >= 0.3 is 16.9 Å². The second-order valence-electron chi connectivity index (χ2n) is 5.33. The average Bonchev–Trinajstić information content (AvgIpc) is 3.08. The van der Waals surface area contributed by atoms with Crippen molar-refractivity contribution in [3.8, 4) is 11.3 Å². The van der Waals surface area contributed by atoms with Crippen LogP contribution in [-0.4, -0.2) is 20.9 Å². The Morgan fingerprint density at radius 2 is 1.74 bits per heavy atom. The molecule has 0 unspecified atom stereocenters. The molecule has 0 aliphatic heterocycles. The first-order chi connectivity index (χ1) is 12.8. The summed E-state index contributed by atoms with van der Waals surface area (Å²) in [6.45, 7) is 0. The quantitative estimate of drug-likeness (QED) is 0.496. The standard InChI is InChI=1S/C17H11N3O7/c21-15-14(20(25)26)12(18-17(24)19-15)7-5-11-6-8-13(27-11)9-1-3-10(4-2-9)16(22)23/h1-8H,(H,22,23)(H2,18,19,21,24)/p-1/b7-5+. The van der Waals surface area contributed by atoms with Crippen LogP contribution in [0.25, 0.3) is 23.5 Å². The number of carbonyl (C=O) groups excluding carboxylic acids is 1. The van der Waals surface area contributed by atoms with Crippen LogP contribution in [0.2, 0.25) is 0 Å². The number of carboxylic acid groups (broad SMARTS) is 1. The number of nitrogens with zero attached hydrogens (tertiary/aromatic N) is 1. The Morgan fingerprint density at radius 3 is 2.37 bits per heavy atom. The topological polar surface area (TPSA) is 162 Å². The Morgan fingerprint density at radius 1 is 1.04 bits per heavy atom. The summed E-state index contributed by atoms with van der Waals surface area (Å²) in [6, 6.07) is 8.99. The second-order valence-corrected chi connectivity index (χ2v) is 5.33. The number of carboxylic acids is 1. The number of aromatic amines is 2. The number of aromatic carboxylic acids is 1. The third kappa shape index (κ3) is 3.74. The van der Waals surface area contributed by atoms with Gasteiger partial charge in [0.05, 0.1) is 10.9 Å². The Labute approximate surface area is 149 Å². The molecular formula is C17H10N3O7-. The van der Waals surface area contributed by atoms with Crippen molar-refractivity contribution in [2.45, 2.75) is 0 Å². The highest BCUT2D eigenvalue weighted by Gasteiger charge is 2.18. The van der Waals surface area contributed by atoms with Gasteiger partial charge in [-0.15, -0.1) is 0 Å². The Kier molecular flexibility index (Phi) is 4.54. The molecule has 2 heterocycles. The number of H-pyrrole nitrogens is 2. The van der Waals surface area contributed by atoms with E-state index in [4.69, 9.17) is 4.42 Å². The zero-order valence-electron chi connectivity index (χ0n) is 13.4. The summed E-state index contributed by atoms with van der Waals surface area (Å²) in [5.41, 5.74) is -2.43. The molecule has 3 rings (SSSR count). The molecule has 0 atom stereocenters. The van der Waals surface area contributed by atoms with Gasteiger partial charge in [-0.2, -0.15) is 0 Å². The molecule has 0 radical (unpaired) electrons. The number of aromatic nitrogens is 2. The van der Waals surface area contributed by atoms with Gasteiger partial charge in [0.1, 0.15) is 17.2 Å². The van der Waals surface area contributed by atoms with Gasteiger partial charge in [0.15, 0.2) is 0 Å². The Balaban J connectivity index is 1.90. The van der Waals surface area contributed by atoms with Crippen LogP contribution in [0.5, 0.6) is 0 Å². The van der Waals surface area contributed by atoms with E-state index < -0.39 is 27.8 Å². The van der Waals surface area contributed by atoms with Crippen LogP contribution in [0, 0.1) is 10.1 Å². The fourth-order valence-electron chi connectivity index (χ4n) is 2.33. The minimum Gasteiger partial charge on any atom is -0.545 e. The maximum atomic E-state index is 11.6. The smallest absolute Gasteiger partial charge is 0.357 e. The molecule has 0 aliphatic carbocycles. The molecule has 0 spiro atoms. The zero-order valence-corrected chi connectivity index (χ0v) is 13.4. The summed E-state index contributed by atoms with van der Waals surface area (Å²) in [5.74, 6) is -0.573. The fourth-order valence-corrected chi connectivity index (χ4v) is 2.33. The minimum absolute atomic E-state index is 0.0241. The highest BCUT2D eigenvalue weighted by molar-refractivity contribution is 5.86. The van der Waals surface area contributed by atoms with Gasteiger partial charge in [-0.05, 0) is 29.8 Å². The number of furan rings is 1. The SMILES string of the molecule is O=C([O-])c1ccc(-c2ccc(/C=C/c3[nH]c(=O)[nH]c(=O)c3[N+](=O)[O-])o2)cc1. The molecule has 0 bridgehead atoms. The van der Waals surface area contributed by atoms with Gasteiger partial charge in [-0.3, -0.25) is 19.9 Å². The van der Waals surface area contributed by atoms with Crippen LogP contribution in [0.3, 0.4) is 0 Å². The summed E-state index contributed by atoms with van der Waals surface area (Å²) < 4.78 is 5.55. The van der Waals surface area contributed by atoms with Crippen LogP contribution in [0.1, 0.15) is 21.8 Å². The van der Waals surface area contributed by atoms with E-state index in [-0.39, 0.29) is 11.3 Å². The molecule has 3 aromatic rings. The lowest BCUT2D eigenvalue weighted by Crippen LogP contribution is -2.25. The molecule has 2 N–H and O–H groups in total. The predicted molar refractivity (Wildman–Crippen MR) is 91.7 cm³/mol. The summed E-state index contributed by atoms with van der Waals surface area (Å²) >= 11 is 0. The second kappa shape index (κ2) is 6.96. The molecule has 2 aromatic heterocycles. The van der Waals surface area contributed by atoms with E-state index in [2.05, 4.69) is 4.98 Å². The van der Waals surface area contributed by atoms with E-state index in [1.54, 1.807) is 17.1 Å². The lowest BCUT2D eigenvalue weighted by molar-refractivity contribution is -0.386. The van der Waals surface area contributed by atoms with E-state index in [9.17, 15) is 29.6 Å². The fraction of sp³-hybridized carbons (Fsp3) is 0. The molecule has 0 saturated carbocycles. The highest BCUT2D eigenvalue weighted by Crippen LogP contribution is 2.24. The van der Waals surface area contributed by atoms with Crippen LogP contribution in [0.4, 0.5) is 5.69 Å². The Hall–Kier alpha value is -4.21. The molecular weight excluding hydrogens is 358 g/mol. The summed E-state index contributed by atoms with van der Waals surface area (Å²) in [6.07, 6.45) is 2.52. The summed E-state index contributed by atoms with van der Waals surface area (Å²) in [5, 5.41) is 21.7. The first-order valence-corrected chi connectivity index (χ1v) is 7.46. The van der Waals surface area contributed by atoms with Gasteiger partial charge < -0.3 is 19.3 Å². The van der Waals surface area contributed by atoms with Crippen LogP contribution in [0.15, 0.2) is 50.4 Å². The van der Waals surface area contributed by atoms with Gasteiger partial charge in [-0.25, -0.2) is 4.79 Å².